The molecule has 0 spiro atoms. The largest absolute Gasteiger partial charge is 0.480 e. The lowest BCUT2D eigenvalue weighted by Crippen LogP contribution is -2.46. The van der Waals surface area contributed by atoms with Crippen LogP contribution in [0.15, 0.2) is 78.2 Å². The number of hydrogen-bond donors (Lipinski definition) is 1. The van der Waals surface area contributed by atoms with E-state index in [1.165, 1.54) is 46.6 Å². The van der Waals surface area contributed by atoms with E-state index >= 15 is 0 Å². The molecule has 4 rings (SSSR count). The van der Waals surface area contributed by atoms with Crippen molar-refractivity contribution in [3.8, 4) is 11.1 Å². The van der Waals surface area contributed by atoms with Crippen LogP contribution in [-0.2, 0) is 17.8 Å². The number of aliphatic carboxylic acids is 1. The Morgan fingerprint density at radius 2 is 1.67 bits per heavy atom. The molecule has 0 saturated heterocycles. The minimum atomic E-state index is -1.16. The predicted molar refractivity (Wildman–Crippen MR) is 143 cm³/mol. The van der Waals surface area contributed by atoms with Crippen LogP contribution >= 0.6 is 46.1 Å². The van der Waals surface area contributed by atoms with Gasteiger partial charge in [-0.2, -0.15) is 0 Å². The van der Waals surface area contributed by atoms with E-state index in [4.69, 9.17) is 34.8 Å². The van der Waals surface area contributed by atoms with Gasteiger partial charge in [-0.25, -0.2) is 9.18 Å². The van der Waals surface area contributed by atoms with Crippen LogP contribution in [0.25, 0.3) is 11.1 Å². The molecular weight excluding hydrogens is 544 g/mol. The Morgan fingerprint density at radius 1 is 0.917 bits per heavy atom. The van der Waals surface area contributed by atoms with Gasteiger partial charge in [-0.1, -0.05) is 71.2 Å². The number of rotatable bonds is 8. The van der Waals surface area contributed by atoms with Gasteiger partial charge in [0.1, 0.15) is 11.9 Å². The Balaban J connectivity index is 1.70. The number of carbonyl (C=O) groups excluding carboxylic acids is 1. The third-order valence-corrected chi connectivity index (χ3v) is 7.35. The first-order chi connectivity index (χ1) is 17.2. The van der Waals surface area contributed by atoms with Gasteiger partial charge in [-0.15, -0.1) is 11.3 Å². The molecule has 1 N–H and O–H groups in total. The second-order valence-corrected chi connectivity index (χ2v) is 10.3. The molecule has 1 aromatic heterocycles. The molecule has 1 atom stereocenters. The zero-order valence-electron chi connectivity index (χ0n) is 18.6. The number of hydrogen-bond acceptors (Lipinski definition) is 3. The number of benzene rings is 3. The molecule has 4 aromatic rings. The molecule has 0 aliphatic heterocycles. The molecule has 0 unspecified atom stereocenters. The number of nitrogens with zero attached hydrogens (tertiary/aromatic N) is 1. The van der Waals surface area contributed by atoms with Crippen LogP contribution in [0.4, 0.5) is 4.39 Å². The SMILES string of the molecule is O=C(O)[C@H](Cc1ccccc1)N(Cc1cc(-c2ccc(F)c(Cl)c2)cs1)C(=O)c1ccc(Cl)cc1Cl. The molecule has 0 radical (unpaired) electrons. The molecule has 0 bridgehead atoms. The number of carboxylic acids is 1. The van der Waals surface area contributed by atoms with Crippen molar-refractivity contribution >= 4 is 58.0 Å². The number of halogens is 4. The molecule has 36 heavy (non-hydrogen) atoms. The van der Waals surface area contributed by atoms with Crippen molar-refractivity contribution in [2.45, 2.75) is 19.0 Å². The molecule has 184 valence electrons. The minimum Gasteiger partial charge on any atom is -0.480 e. The normalized spacial score (nSPS) is 11.8. The van der Waals surface area contributed by atoms with Gasteiger partial charge in [0.15, 0.2) is 0 Å². The highest BCUT2D eigenvalue weighted by Crippen LogP contribution is 2.31. The molecule has 4 nitrogen and oxygen atoms in total. The first-order valence-corrected chi connectivity index (χ1v) is 12.8. The van der Waals surface area contributed by atoms with Crippen LogP contribution in [0.5, 0.6) is 0 Å². The van der Waals surface area contributed by atoms with E-state index in [1.807, 2.05) is 41.8 Å². The Hall–Kier alpha value is -2.90. The summed E-state index contributed by atoms with van der Waals surface area (Å²) in [4.78, 5) is 28.1. The molecule has 0 aliphatic carbocycles. The maximum absolute atomic E-state index is 13.7. The van der Waals surface area contributed by atoms with Gasteiger partial charge in [0.25, 0.3) is 5.91 Å². The summed E-state index contributed by atoms with van der Waals surface area (Å²) in [6.45, 7) is 0.0290. The van der Waals surface area contributed by atoms with Gasteiger partial charge in [-0.05, 0) is 58.5 Å². The fourth-order valence-corrected chi connectivity index (χ4v) is 5.33. The van der Waals surface area contributed by atoms with Gasteiger partial charge in [0.05, 0.1) is 22.2 Å². The lowest BCUT2D eigenvalue weighted by Gasteiger charge is -2.29. The Bertz CT molecular complexity index is 1410. The van der Waals surface area contributed by atoms with E-state index in [0.717, 1.165) is 16.0 Å². The molecule has 1 heterocycles. The van der Waals surface area contributed by atoms with Crippen molar-refractivity contribution in [1.82, 2.24) is 4.90 Å². The second kappa shape index (κ2) is 11.4. The summed E-state index contributed by atoms with van der Waals surface area (Å²) >= 11 is 19.6. The maximum Gasteiger partial charge on any atom is 0.326 e. The van der Waals surface area contributed by atoms with E-state index in [2.05, 4.69) is 0 Å². The number of thiophene rings is 1. The highest BCUT2D eigenvalue weighted by Gasteiger charge is 2.32. The van der Waals surface area contributed by atoms with Gasteiger partial charge in [-0.3, -0.25) is 4.79 Å². The summed E-state index contributed by atoms with van der Waals surface area (Å²) in [7, 11) is 0. The Labute approximate surface area is 226 Å². The van der Waals surface area contributed by atoms with Crippen molar-refractivity contribution in [2.24, 2.45) is 0 Å². The predicted octanol–water partition coefficient (Wildman–Crippen LogP) is 7.85. The average molecular weight is 563 g/mol. The molecular formula is C27H19Cl3FNO3S. The Kier molecular flexibility index (Phi) is 8.32. The Morgan fingerprint density at radius 3 is 2.33 bits per heavy atom. The summed E-state index contributed by atoms with van der Waals surface area (Å²) in [6.07, 6.45) is 0.110. The van der Waals surface area contributed by atoms with Crippen LogP contribution in [0, 0.1) is 5.82 Å². The highest BCUT2D eigenvalue weighted by atomic mass is 35.5. The summed E-state index contributed by atoms with van der Waals surface area (Å²) in [5, 5.41) is 12.5. The van der Waals surface area contributed by atoms with E-state index in [-0.39, 0.29) is 28.6 Å². The summed E-state index contributed by atoms with van der Waals surface area (Å²) in [5.74, 6) is -2.18. The highest BCUT2D eigenvalue weighted by molar-refractivity contribution is 7.10. The van der Waals surface area contributed by atoms with Crippen molar-refractivity contribution in [3.05, 3.63) is 115 Å². The van der Waals surface area contributed by atoms with Gasteiger partial charge < -0.3 is 10.0 Å². The summed E-state index contributed by atoms with van der Waals surface area (Å²) in [6, 6.07) is 18.7. The second-order valence-electron chi connectivity index (χ2n) is 8.03. The number of carboxylic acid groups (broad SMARTS) is 1. The van der Waals surface area contributed by atoms with E-state index in [9.17, 15) is 19.1 Å². The minimum absolute atomic E-state index is 0.00300. The third kappa shape index (κ3) is 6.08. The first kappa shape index (κ1) is 26.2. The first-order valence-electron chi connectivity index (χ1n) is 10.8. The van der Waals surface area contributed by atoms with Gasteiger partial charge >= 0.3 is 5.97 Å². The summed E-state index contributed by atoms with van der Waals surface area (Å²) in [5.41, 5.74) is 2.42. The molecule has 0 saturated carbocycles. The van der Waals surface area contributed by atoms with Crippen molar-refractivity contribution in [1.29, 1.82) is 0 Å². The lowest BCUT2D eigenvalue weighted by atomic mass is 10.0. The van der Waals surface area contributed by atoms with Crippen molar-refractivity contribution < 1.29 is 19.1 Å². The average Bonchev–Trinajstić information content (AvgIpc) is 3.32. The lowest BCUT2D eigenvalue weighted by molar-refractivity contribution is -0.142. The van der Waals surface area contributed by atoms with Crippen molar-refractivity contribution in [2.75, 3.05) is 0 Å². The number of amides is 1. The smallest absolute Gasteiger partial charge is 0.326 e. The van der Waals surface area contributed by atoms with Crippen molar-refractivity contribution in [3.63, 3.8) is 0 Å². The monoisotopic (exact) mass is 561 g/mol. The van der Waals surface area contributed by atoms with Crippen LogP contribution in [0.2, 0.25) is 15.1 Å². The van der Waals surface area contributed by atoms with E-state index < -0.39 is 23.7 Å². The quantitative estimate of drug-likeness (QED) is 0.238. The molecule has 3 aromatic carbocycles. The summed E-state index contributed by atoms with van der Waals surface area (Å²) < 4.78 is 13.6. The fraction of sp³-hybridized carbons (Fsp3) is 0.111. The van der Waals surface area contributed by atoms with E-state index in [0.29, 0.717) is 10.6 Å². The molecule has 9 heteroatoms. The molecule has 1 amide bonds. The molecule has 0 aliphatic rings. The molecule has 0 fully saturated rings. The van der Waals surface area contributed by atoms with Gasteiger partial charge in [0, 0.05) is 16.3 Å². The standard InChI is InChI=1S/C27H19Cl3FNO3S/c28-19-7-8-21(22(29)13-19)26(33)32(25(27(34)35)10-16-4-2-1-3-5-16)14-20-11-18(15-36-20)17-6-9-24(31)23(30)12-17/h1-9,11-13,15,25H,10,14H2,(H,34,35)/t25-/m0/s1. The van der Waals surface area contributed by atoms with Crippen LogP contribution < -0.4 is 0 Å². The van der Waals surface area contributed by atoms with Crippen LogP contribution in [0.1, 0.15) is 20.8 Å². The fourth-order valence-electron chi connectivity index (χ4n) is 3.77. The maximum atomic E-state index is 13.7. The van der Waals surface area contributed by atoms with E-state index in [1.54, 1.807) is 6.07 Å². The van der Waals surface area contributed by atoms with Gasteiger partial charge in [0.2, 0.25) is 0 Å². The third-order valence-electron chi connectivity index (χ3n) is 5.59. The topological polar surface area (TPSA) is 57.6 Å². The zero-order chi connectivity index (χ0) is 25.8. The van der Waals surface area contributed by atoms with Crippen LogP contribution in [-0.4, -0.2) is 27.9 Å². The van der Waals surface area contributed by atoms with Crippen LogP contribution in [0.3, 0.4) is 0 Å². The number of carbonyl (C=O) groups is 2. The zero-order valence-corrected chi connectivity index (χ0v) is 21.7.